The van der Waals surface area contributed by atoms with Gasteiger partial charge in [0.15, 0.2) is 7.14 Å². The van der Waals surface area contributed by atoms with Gasteiger partial charge < -0.3 is 18.3 Å². The number of aromatic nitrogens is 3. The second-order valence-electron chi connectivity index (χ2n) is 18.5. The van der Waals surface area contributed by atoms with Gasteiger partial charge in [0, 0.05) is 65.3 Å². The topological polar surface area (TPSA) is 31.9 Å². The minimum Gasteiger partial charge on any atom is -0.309 e. The summed E-state index contributed by atoms with van der Waals surface area (Å²) in [4.78, 5) is 0. The van der Waals surface area contributed by atoms with Crippen molar-refractivity contribution < 1.29 is 4.57 Å². The molecule has 4 nitrogen and oxygen atoms in total. The lowest BCUT2D eigenvalue weighted by Gasteiger charge is -2.20. The minimum absolute atomic E-state index is 0.786. The number of fused-ring (bicyclic) bond motifs is 9. The highest BCUT2D eigenvalue weighted by Crippen LogP contribution is 2.44. The van der Waals surface area contributed by atoms with Crippen molar-refractivity contribution >= 4 is 112 Å². The van der Waals surface area contributed by atoms with E-state index in [2.05, 4.69) is 226 Å². The van der Waals surface area contributed by atoms with Crippen molar-refractivity contribution in [2.24, 2.45) is 0 Å². The van der Waals surface area contributed by atoms with Crippen LogP contribution in [-0.4, -0.2) is 13.7 Å². The first-order valence-electron chi connectivity index (χ1n) is 24.4. The number of hydrogen-bond donors (Lipinski definition) is 0. The highest BCUT2D eigenvalue weighted by molar-refractivity contribution is 7.85. The highest BCUT2D eigenvalue weighted by Gasteiger charge is 2.30. The molecular weight excluding hydrogens is 913 g/mol. The Kier molecular flexibility index (Phi) is 10.1. The van der Waals surface area contributed by atoms with Crippen LogP contribution in [0.3, 0.4) is 0 Å². The average molecular weight is 958 g/mol. The first kappa shape index (κ1) is 42.4. The lowest BCUT2D eigenvalue weighted by Crippen LogP contribution is -2.24. The minimum atomic E-state index is -3.17. The predicted molar refractivity (Wildman–Crippen MR) is 308 cm³/mol. The molecule has 6 heteroatoms. The quantitative estimate of drug-likeness (QED) is 0.133. The van der Waals surface area contributed by atoms with E-state index >= 15 is 4.57 Å². The van der Waals surface area contributed by atoms with Crippen molar-refractivity contribution in [1.82, 2.24) is 13.7 Å². The van der Waals surface area contributed by atoms with Crippen molar-refractivity contribution in [3.8, 4) is 17.1 Å². The van der Waals surface area contributed by atoms with E-state index in [1.54, 1.807) is 0 Å². The van der Waals surface area contributed by atoms with Gasteiger partial charge in [-0.3, -0.25) is 0 Å². The second kappa shape index (κ2) is 17.1. The van der Waals surface area contributed by atoms with Crippen LogP contribution in [0.15, 0.2) is 273 Å². The molecule has 0 fully saturated rings. The van der Waals surface area contributed by atoms with Gasteiger partial charge in [-0.05, 0) is 115 Å². The van der Waals surface area contributed by atoms with Crippen LogP contribution >= 0.6 is 15.1 Å². The molecule has 0 radical (unpaired) electrons. The Morgan fingerprint density at radius 3 is 1.03 bits per heavy atom. The number of nitrogens with zero attached hydrogens (tertiary/aromatic N) is 3. The van der Waals surface area contributed by atoms with Crippen LogP contribution in [-0.2, 0) is 4.57 Å². The molecule has 14 rings (SSSR count). The maximum atomic E-state index is 15.5. The number of hydrogen-bond acceptors (Lipinski definition) is 1. The molecule has 3 aromatic heterocycles. The van der Waals surface area contributed by atoms with Crippen molar-refractivity contribution in [2.75, 3.05) is 0 Å². The zero-order chi connectivity index (χ0) is 47.8. The normalized spacial score (nSPS) is 12.1. The summed E-state index contributed by atoms with van der Waals surface area (Å²) in [5.41, 5.74) is 10.1. The third-order valence-electron chi connectivity index (χ3n) is 14.5. The fourth-order valence-corrected chi connectivity index (χ4v) is 16.2. The Morgan fingerprint density at radius 2 is 0.569 bits per heavy atom. The molecule has 0 saturated carbocycles. The van der Waals surface area contributed by atoms with Gasteiger partial charge in [0.2, 0.25) is 0 Å². The molecule has 0 amide bonds. The van der Waals surface area contributed by atoms with E-state index in [1.165, 1.54) is 59.5 Å². The van der Waals surface area contributed by atoms with Crippen molar-refractivity contribution in [1.29, 1.82) is 0 Å². The molecule has 14 aromatic rings. The van der Waals surface area contributed by atoms with Crippen molar-refractivity contribution in [3.05, 3.63) is 273 Å². The molecule has 0 saturated heterocycles. The number of rotatable bonds is 9. The summed E-state index contributed by atoms with van der Waals surface area (Å²) >= 11 is 0. The Balaban J connectivity index is 0.982. The molecule has 0 aliphatic heterocycles. The van der Waals surface area contributed by atoms with Gasteiger partial charge in [-0.15, -0.1) is 0 Å². The van der Waals surface area contributed by atoms with Gasteiger partial charge in [0.1, 0.15) is 0 Å². The summed E-state index contributed by atoms with van der Waals surface area (Å²) in [5.74, 6) is 0. The lowest BCUT2D eigenvalue weighted by molar-refractivity contribution is 0.592. The molecule has 340 valence electrons. The van der Waals surface area contributed by atoms with Gasteiger partial charge in [0.25, 0.3) is 0 Å². The molecular formula is C66H45N3OP2. The van der Waals surface area contributed by atoms with E-state index in [-0.39, 0.29) is 0 Å². The Hall–Kier alpha value is -8.52. The summed E-state index contributed by atoms with van der Waals surface area (Å²) in [5, 5.41) is 13.7. The molecule has 72 heavy (non-hydrogen) atoms. The summed E-state index contributed by atoms with van der Waals surface area (Å²) in [6, 6.07) is 97.4. The Bertz CT molecular complexity index is 4270. The number of para-hydroxylation sites is 3. The fraction of sp³-hybridized carbons (Fsp3) is 0. The summed E-state index contributed by atoms with van der Waals surface area (Å²) in [6.07, 6.45) is 0. The molecule has 0 aliphatic carbocycles. The van der Waals surface area contributed by atoms with E-state index in [4.69, 9.17) is 0 Å². The van der Waals surface area contributed by atoms with Crippen LogP contribution < -0.4 is 31.8 Å². The first-order chi connectivity index (χ1) is 35.6. The largest absolute Gasteiger partial charge is 0.309 e. The van der Waals surface area contributed by atoms with Crippen LogP contribution in [0.1, 0.15) is 0 Å². The lowest BCUT2D eigenvalue weighted by atomic mass is 10.1. The predicted octanol–water partition coefficient (Wildman–Crippen LogP) is 14.4. The summed E-state index contributed by atoms with van der Waals surface area (Å²) in [7, 11) is -3.96. The molecule has 0 aliphatic rings. The molecule has 0 spiro atoms. The van der Waals surface area contributed by atoms with Crippen molar-refractivity contribution in [3.63, 3.8) is 0 Å². The second-order valence-corrected chi connectivity index (χ2v) is 23.5. The third kappa shape index (κ3) is 6.68. The fourth-order valence-electron chi connectivity index (χ4n) is 11.3. The van der Waals surface area contributed by atoms with E-state index in [9.17, 15) is 0 Å². The SMILES string of the molecule is O=P(c1ccccc1)(c1ccccc1)c1ccc(-n2c3ccc(-n4c5ccccc5c5ccccc54)cc3c3cc(-n4c5ccccc5c5cc(P(c6ccccc6)c6ccccc6)ccc54)ccc32)cc1. The number of benzene rings is 11. The van der Waals surface area contributed by atoms with Crippen LogP contribution in [0.5, 0.6) is 0 Å². The van der Waals surface area contributed by atoms with Gasteiger partial charge in [-0.2, -0.15) is 0 Å². The molecule has 0 unspecified atom stereocenters. The van der Waals surface area contributed by atoms with Crippen LogP contribution in [0.25, 0.3) is 82.5 Å². The van der Waals surface area contributed by atoms with Gasteiger partial charge in [-0.1, -0.05) is 182 Å². The van der Waals surface area contributed by atoms with Gasteiger partial charge in [-0.25, -0.2) is 0 Å². The average Bonchev–Trinajstić information content (AvgIpc) is 4.09. The van der Waals surface area contributed by atoms with E-state index in [0.29, 0.717) is 0 Å². The monoisotopic (exact) mass is 957 g/mol. The maximum absolute atomic E-state index is 15.5. The van der Waals surface area contributed by atoms with Crippen LogP contribution in [0.4, 0.5) is 0 Å². The first-order valence-corrected chi connectivity index (χ1v) is 27.5. The standard InChI is InChI=1S/C66H45N3OP2/c70-72(52-23-9-3-10-24-52,53-25-11-4-12-26-53)54-38-33-46(34-39-54)67-64-40-35-47(68-61-30-16-13-27-55(61)56-28-14-17-31-62(56)68)43-58(64)59-44-48(36-41-65(59)67)69-63-32-18-15-29-57(63)60-45-51(37-42-66(60)69)71(49-19-5-1-6-20-49)50-21-7-2-8-22-50/h1-45H. The van der Waals surface area contributed by atoms with E-state index in [0.717, 1.165) is 54.8 Å². The van der Waals surface area contributed by atoms with E-state index in [1.807, 2.05) is 60.7 Å². The summed E-state index contributed by atoms with van der Waals surface area (Å²) in [6.45, 7) is 0. The maximum Gasteiger partial charge on any atom is 0.171 e. The Labute approximate surface area is 418 Å². The molecule has 3 heterocycles. The molecule has 0 atom stereocenters. The van der Waals surface area contributed by atoms with Crippen LogP contribution in [0.2, 0.25) is 0 Å². The third-order valence-corrected chi connectivity index (χ3v) is 20.0. The zero-order valence-electron chi connectivity index (χ0n) is 39.1. The zero-order valence-corrected chi connectivity index (χ0v) is 40.9. The molecule has 11 aromatic carbocycles. The Morgan fingerprint density at radius 1 is 0.250 bits per heavy atom. The summed E-state index contributed by atoms with van der Waals surface area (Å²) < 4.78 is 22.7. The van der Waals surface area contributed by atoms with Crippen LogP contribution in [0, 0.1) is 0 Å². The van der Waals surface area contributed by atoms with Gasteiger partial charge >= 0.3 is 0 Å². The highest BCUT2D eigenvalue weighted by atomic mass is 31.2. The van der Waals surface area contributed by atoms with Crippen molar-refractivity contribution in [2.45, 2.75) is 0 Å². The van der Waals surface area contributed by atoms with E-state index < -0.39 is 15.1 Å². The van der Waals surface area contributed by atoms with Gasteiger partial charge in [0.05, 0.1) is 33.1 Å². The smallest absolute Gasteiger partial charge is 0.171 e. The molecule has 0 bridgehead atoms. The molecule has 0 N–H and O–H groups in total.